The standard InChI is InChI=1S/C23H29ClN2O4/c1-16(2)21(26-22(27)17-6-10-19(29-3)11-7-17)23(28)25-14-4-5-15-30-20-12-8-18(24)9-13-20/h6-13,16,21H,4-5,14-15H2,1-3H3,(H,25,28)(H,26,27)/t21-/m0/s1. The van der Waals surface area contributed by atoms with E-state index >= 15 is 0 Å². The Labute approximate surface area is 182 Å². The molecule has 2 rings (SSSR count). The van der Waals surface area contributed by atoms with Crippen LogP contribution in [0.25, 0.3) is 0 Å². The maximum absolute atomic E-state index is 12.5. The Balaban J connectivity index is 1.73. The molecule has 0 bridgehead atoms. The smallest absolute Gasteiger partial charge is 0.251 e. The third-order valence-corrected chi connectivity index (χ3v) is 4.79. The minimum Gasteiger partial charge on any atom is -0.497 e. The molecule has 0 saturated carbocycles. The molecule has 2 aromatic rings. The predicted molar refractivity (Wildman–Crippen MR) is 118 cm³/mol. The minimum absolute atomic E-state index is 0.0413. The normalized spacial score (nSPS) is 11.6. The third-order valence-electron chi connectivity index (χ3n) is 4.54. The van der Waals surface area contributed by atoms with Gasteiger partial charge >= 0.3 is 0 Å². The van der Waals surface area contributed by atoms with Crippen LogP contribution in [0.4, 0.5) is 0 Å². The molecule has 0 aromatic heterocycles. The van der Waals surface area contributed by atoms with E-state index in [0.717, 1.165) is 18.6 Å². The number of ether oxygens (including phenoxy) is 2. The first-order valence-corrected chi connectivity index (χ1v) is 10.4. The summed E-state index contributed by atoms with van der Waals surface area (Å²) in [5.74, 6) is 0.920. The van der Waals surface area contributed by atoms with Crippen molar-refractivity contribution in [2.45, 2.75) is 32.7 Å². The van der Waals surface area contributed by atoms with E-state index in [4.69, 9.17) is 21.1 Å². The van der Waals surface area contributed by atoms with Gasteiger partial charge in [-0.05, 0) is 67.3 Å². The predicted octanol–water partition coefficient (Wildman–Crippen LogP) is 4.08. The highest BCUT2D eigenvalue weighted by Gasteiger charge is 2.24. The topological polar surface area (TPSA) is 76.7 Å². The number of rotatable bonds is 11. The van der Waals surface area contributed by atoms with Crippen molar-refractivity contribution >= 4 is 23.4 Å². The Bertz CT molecular complexity index is 807. The highest BCUT2D eigenvalue weighted by molar-refractivity contribution is 6.30. The second-order valence-electron chi connectivity index (χ2n) is 7.22. The summed E-state index contributed by atoms with van der Waals surface area (Å²) < 4.78 is 10.7. The summed E-state index contributed by atoms with van der Waals surface area (Å²) in [6.07, 6.45) is 1.57. The number of benzene rings is 2. The molecule has 0 radical (unpaired) electrons. The van der Waals surface area contributed by atoms with E-state index in [-0.39, 0.29) is 17.7 Å². The Kier molecular flexibility index (Phi) is 9.48. The molecule has 0 fully saturated rings. The average Bonchev–Trinajstić information content (AvgIpc) is 2.75. The van der Waals surface area contributed by atoms with Crippen LogP contribution in [0.2, 0.25) is 5.02 Å². The van der Waals surface area contributed by atoms with Crippen LogP contribution in [-0.4, -0.2) is 38.1 Å². The number of hydrogen-bond donors (Lipinski definition) is 2. The zero-order valence-corrected chi connectivity index (χ0v) is 18.4. The van der Waals surface area contributed by atoms with Crippen molar-refractivity contribution < 1.29 is 19.1 Å². The molecule has 0 spiro atoms. The Hall–Kier alpha value is -2.73. The van der Waals surface area contributed by atoms with E-state index in [1.54, 1.807) is 43.5 Å². The molecule has 2 amide bonds. The Morgan fingerprint density at radius 3 is 2.20 bits per heavy atom. The molecule has 30 heavy (non-hydrogen) atoms. The van der Waals surface area contributed by atoms with Crippen LogP contribution in [0.15, 0.2) is 48.5 Å². The first kappa shape index (κ1) is 23.5. The van der Waals surface area contributed by atoms with Gasteiger partial charge in [0.1, 0.15) is 17.5 Å². The minimum atomic E-state index is -0.607. The molecule has 0 unspecified atom stereocenters. The maximum atomic E-state index is 12.5. The quantitative estimate of drug-likeness (QED) is 0.524. The van der Waals surface area contributed by atoms with Crippen molar-refractivity contribution in [1.29, 1.82) is 0 Å². The van der Waals surface area contributed by atoms with Gasteiger partial charge in [-0.15, -0.1) is 0 Å². The number of halogens is 1. The van der Waals surface area contributed by atoms with Gasteiger partial charge in [-0.25, -0.2) is 0 Å². The summed E-state index contributed by atoms with van der Waals surface area (Å²) in [5.41, 5.74) is 0.480. The lowest BCUT2D eigenvalue weighted by molar-refractivity contribution is -0.123. The fourth-order valence-electron chi connectivity index (χ4n) is 2.77. The van der Waals surface area contributed by atoms with E-state index < -0.39 is 6.04 Å². The molecule has 2 aromatic carbocycles. The van der Waals surface area contributed by atoms with Gasteiger partial charge in [0.25, 0.3) is 5.91 Å². The number of amides is 2. The van der Waals surface area contributed by atoms with Gasteiger partial charge in [-0.3, -0.25) is 9.59 Å². The fourth-order valence-corrected chi connectivity index (χ4v) is 2.90. The van der Waals surface area contributed by atoms with E-state index in [2.05, 4.69) is 10.6 Å². The molecular weight excluding hydrogens is 404 g/mol. The average molecular weight is 433 g/mol. The fraction of sp³-hybridized carbons (Fsp3) is 0.391. The SMILES string of the molecule is COc1ccc(C(=O)N[C@H](C(=O)NCCCCOc2ccc(Cl)cc2)C(C)C)cc1. The van der Waals surface area contributed by atoms with Crippen molar-refractivity contribution in [3.8, 4) is 11.5 Å². The van der Waals surface area contributed by atoms with Crippen molar-refractivity contribution in [2.75, 3.05) is 20.3 Å². The van der Waals surface area contributed by atoms with Crippen LogP contribution in [0, 0.1) is 5.92 Å². The highest BCUT2D eigenvalue weighted by atomic mass is 35.5. The molecule has 0 saturated heterocycles. The number of methoxy groups -OCH3 is 1. The zero-order chi connectivity index (χ0) is 21.9. The molecule has 1 atom stereocenters. The summed E-state index contributed by atoms with van der Waals surface area (Å²) in [7, 11) is 1.57. The molecule has 0 aliphatic rings. The second-order valence-corrected chi connectivity index (χ2v) is 7.66. The molecule has 6 nitrogen and oxygen atoms in total. The summed E-state index contributed by atoms with van der Waals surface area (Å²) in [6, 6.07) is 13.4. The van der Waals surface area contributed by atoms with Crippen LogP contribution in [0.3, 0.4) is 0 Å². The lowest BCUT2D eigenvalue weighted by Crippen LogP contribution is -2.49. The van der Waals surface area contributed by atoms with E-state index in [9.17, 15) is 9.59 Å². The van der Waals surface area contributed by atoms with Gasteiger partial charge in [-0.2, -0.15) is 0 Å². The number of hydrogen-bond acceptors (Lipinski definition) is 4. The van der Waals surface area contributed by atoms with Crippen LogP contribution in [-0.2, 0) is 4.79 Å². The number of nitrogens with one attached hydrogen (secondary N) is 2. The van der Waals surface area contributed by atoms with Crippen LogP contribution >= 0.6 is 11.6 Å². The number of carbonyl (C=O) groups is 2. The van der Waals surface area contributed by atoms with Gasteiger partial charge in [0.2, 0.25) is 5.91 Å². The van der Waals surface area contributed by atoms with Gasteiger partial charge in [0, 0.05) is 17.1 Å². The second kappa shape index (κ2) is 12.1. The summed E-state index contributed by atoms with van der Waals surface area (Å²) in [6.45, 7) is 4.88. The highest BCUT2D eigenvalue weighted by Crippen LogP contribution is 2.16. The number of carbonyl (C=O) groups excluding carboxylic acids is 2. The van der Waals surface area contributed by atoms with E-state index in [1.807, 2.05) is 26.0 Å². The zero-order valence-electron chi connectivity index (χ0n) is 17.6. The molecular formula is C23H29ClN2O4. The lowest BCUT2D eigenvalue weighted by atomic mass is 10.0. The molecule has 7 heteroatoms. The van der Waals surface area contributed by atoms with Gasteiger partial charge in [0.05, 0.1) is 13.7 Å². The molecule has 162 valence electrons. The summed E-state index contributed by atoms with van der Waals surface area (Å²) in [4.78, 5) is 25.0. The first-order chi connectivity index (χ1) is 14.4. The summed E-state index contributed by atoms with van der Waals surface area (Å²) >= 11 is 5.84. The van der Waals surface area contributed by atoms with Crippen molar-refractivity contribution in [3.63, 3.8) is 0 Å². The van der Waals surface area contributed by atoms with Gasteiger partial charge < -0.3 is 20.1 Å². The van der Waals surface area contributed by atoms with E-state index in [1.165, 1.54) is 0 Å². The van der Waals surface area contributed by atoms with Crippen LogP contribution in [0.5, 0.6) is 11.5 Å². The first-order valence-electron chi connectivity index (χ1n) is 10.0. The van der Waals surface area contributed by atoms with Crippen molar-refractivity contribution in [1.82, 2.24) is 10.6 Å². The van der Waals surface area contributed by atoms with Crippen LogP contribution < -0.4 is 20.1 Å². The third kappa shape index (κ3) is 7.59. The Morgan fingerprint density at radius 2 is 1.60 bits per heavy atom. The van der Waals surface area contributed by atoms with Gasteiger partial charge in [0.15, 0.2) is 0 Å². The molecule has 0 aliphatic carbocycles. The van der Waals surface area contributed by atoms with Crippen molar-refractivity contribution in [3.05, 3.63) is 59.1 Å². The number of unbranched alkanes of at least 4 members (excludes halogenated alkanes) is 1. The van der Waals surface area contributed by atoms with Crippen molar-refractivity contribution in [2.24, 2.45) is 5.92 Å². The van der Waals surface area contributed by atoms with Gasteiger partial charge in [-0.1, -0.05) is 25.4 Å². The largest absolute Gasteiger partial charge is 0.497 e. The van der Waals surface area contributed by atoms with E-state index in [0.29, 0.717) is 29.5 Å². The van der Waals surface area contributed by atoms with Crippen LogP contribution in [0.1, 0.15) is 37.0 Å². The molecule has 2 N–H and O–H groups in total. The summed E-state index contributed by atoms with van der Waals surface area (Å²) in [5, 5.41) is 6.39. The molecule has 0 heterocycles. The Morgan fingerprint density at radius 1 is 0.967 bits per heavy atom. The monoisotopic (exact) mass is 432 g/mol. The lowest BCUT2D eigenvalue weighted by Gasteiger charge is -2.22. The molecule has 0 aliphatic heterocycles. The maximum Gasteiger partial charge on any atom is 0.251 e.